The summed E-state index contributed by atoms with van der Waals surface area (Å²) in [6.45, 7) is 0. The van der Waals surface area contributed by atoms with E-state index in [4.69, 9.17) is 5.11 Å². The van der Waals surface area contributed by atoms with Crippen LogP contribution >= 0.6 is 11.3 Å². The monoisotopic (exact) mass is 128 g/mol. The van der Waals surface area contributed by atoms with Crippen molar-refractivity contribution >= 4 is 17.3 Å². The summed E-state index contributed by atoms with van der Waals surface area (Å²) in [6, 6.07) is 0. The van der Waals surface area contributed by atoms with E-state index in [2.05, 4.69) is 10.4 Å². The van der Waals surface area contributed by atoms with Crippen LogP contribution in [0.25, 0.3) is 0 Å². The van der Waals surface area contributed by atoms with Gasteiger partial charge in [0.2, 0.25) is 5.01 Å². The number of nitrogens with zero attached hydrogens (tertiary/aromatic N) is 1. The first-order valence-corrected chi connectivity index (χ1v) is 2.67. The Kier molecular flexibility index (Phi) is 1.26. The zero-order valence-corrected chi connectivity index (χ0v) is 4.60. The van der Waals surface area contributed by atoms with E-state index in [1.165, 1.54) is 6.20 Å². The van der Waals surface area contributed by atoms with Gasteiger partial charge in [-0.05, 0) is 0 Å². The van der Waals surface area contributed by atoms with Gasteiger partial charge in [0, 0.05) is 6.20 Å². The Balaban J connectivity index is 2.93. The van der Waals surface area contributed by atoms with Crippen LogP contribution in [0.2, 0.25) is 0 Å². The third-order valence-corrected chi connectivity index (χ3v) is 1.27. The molecule has 0 saturated heterocycles. The van der Waals surface area contributed by atoms with Gasteiger partial charge < -0.3 is 5.11 Å². The average molecular weight is 128 g/mol. The van der Waals surface area contributed by atoms with E-state index in [0.717, 1.165) is 11.3 Å². The molecular weight excluding hydrogens is 126 g/mol. The summed E-state index contributed by atoms with van der Waals surface area (Å²) in [5.41, 5.74) is 0. The molecule has 0 aliphatic carbocycles. The molecule has 1 radical (unpaired) electrons. The van der Waals surface area contributed by atoms with E-state index in [9.17, 15) is 4.79 Å². The molecule has 0 aromatic carbocycles. The average Bonchev–Trinajstić information content (AvgIpc) is 2.12. The predicted molar refractivity (Wildman–Crippen MR) is 27.9 cm³/mol. The Bertz CT molecular complexity index is 182. The van der Waals surface area contributed by atoms with Gasteiger partial charge in [0.25, 0.3) is 0 Å². The van der Waals surface area contributed by atoms with E-state index in [1.807, 2.05) is 0 Å². The molecule has 1 aromatic rings. The first-order chi connectivity index (χ1) is 3.80. The fraction of sp³-hybridized carbons (Fsp3) is 0. The maximum Gasteiger partial charge on any atom is 0.365 e. The number of rotatable bonds is 1. The number of thiazole rings is 1. The molecule has 1 N–H and O–H groups in total. The molecule has 41 valence electrons. The fourth-order valence-corrected chi connectivity index (χ4v) is 0.702. The van der Waals surface area contributed by atoms with Crippen LogP contribution in [-0.4, -0.2) is 16.1 Å². The van der Waals surface area contributed by atoms with Gasteiger partial charge in [-0.3, -0.25) is 0 Å². The van der Waals surface area contributed by atoms with Crippen LogP contribution in [0.3, 0.4) is 0 Å². The number of aromatic nitrogens is 1. The van der Waals surface area contributed by atoms with Crippen molar-refractivity contribution in [1.82, 2.24) is 4.98 Å². The molecule has 0 aliphatic heterocycles. The van der Waals surface area contributed by atoms with Gasteiger partial charge in [-0.25, -0.2) is 9.78 Å². The second-order valence-corrected chi connectivity index (χ2v) is 1.91. The van der Waals surface area contributed by atoms with Crippen LogP contribution in [0.5, 0.6) is 0 Å². The first-order valence-electron chi connectivity index (χ1n) is 1.86. The summed E-state index contributed by atoms with van der Waals surface area (Å²) >= 11 is 0.995. The minimum absolute atomic E-state index is 0.0880. The number of carboxylic acids is 1. The number of carbonyl (C=O) groups is 1. The molecule has 0 bridgehead atoms. The maximum atomic E-state index is 9.99. The van der Waals surface area contributed by atoms with Crippen molar-refractivity contribution in [1.29, 1.82) is 0 Å². The lowest BCUT2D eigenvalue weighted by molar-refractivity contribution is 0.0696. The molecule has 0 unspecified atom stereocenters. The third-order valence-electron chi connectivity index (χ3n) is 0.573. The SMILES string of the molecule is O=C(O)c1nc[c]s1. The van der Waals surface area contributed by atoms with Crippen molar-refractivity contribution in [3.05, 3.63) is 16.6 Å². The van der Waals surface area contributed by atoms with Crippen molar-refractivity contribution in [2.24, 2.45) is 0 Å². The smallest absolute Gasteiger partial charge is 0.365 e. The highest BCUT2D eigenvalue weighted by atomic mass is 32.1. The fourth-order valence-electron chi connectivity index (χ4n) is 0.292. The number of hydrogen-bond donors (Lipinski definition) is 1. The quantitative estimate of drug-likeness (QED) is 0.603. The van der Waals surface area contributed by atoms with Crippen LogP contribution in [0.4, 0.5) is 0 Å². The van der Waals surface area contributed by atoms with Crippen molar-refractivity contribution in [3.63, 3.8) is 0 Å². The highest BCUT2D eigenvalue weighted by Crippen LogP contribution is 2.00. The van der Waals surface area contributed by atoms with E-state index in [0.29, 0.717) is 0 Å². The summed E-state index contributed by atoms with van der Waals surface area (Å²) in [6.07, 6.45) is 1.34. The van der Waals surface area contributed by atoms with Gasteiger partial charge in [0.05, 0.1) is 5.38 Å². The van der Waals surface area contributed by atoms with Crippen LogP contribution in [0.1, 0.15) is 9.80 Å². The van der Waals surface area contributed by atoms with Gasteiger partial charge in [-0.2, -0.15) is 0 Å². The Morgan fingerprint density at radius 2 is 2.75 bits per heavy atom. The topological polar surface area (TPSA) is 50.2 Å². The molecule has 0 fully saturated rings. The summed E-state index contributed by atoms with van der Waals surface area (Å²) in [7, 11) is 0. The van der Waals surface area contributed by atoms with Crippen molar-refractivity contribution in [2.75, 3.05) is 0 Å². The highest BCUT2D eigenvalue weighted by Gasteiger charge is 2.02. The van der Waals surface area contributed by atoms with Gasteiger partial charge in [0.15, 0.2) is 0 Å². The van der Waals surface area contributed by atoms with Crippen LogP contribution < -0.4 is 0 Å². The van der Waals surface area contributed by atoms with E-state index in [-0.39, 0.29) is 5.01 Å². The third kappa shape index (κ3) is 0.840. The summed E-state index contributed by atoms with van der Waals surface area (Å²) in [5.74, 6) is -0.990. The molecule has 0 amide bonds. The molecule has 0 spiro atoms. The van der Waals surface area contributed by atoms with Gasteiger partial charge in [-0.1, -0.05) is 0 Å². The molecule has 8 heavy (non-hydrogen) atoms. The highest BCUT2D eigenvalue weighted by molar-refractivity contribution is 7.11. The van der Waals surface area contributed by atoms with Gasteiger partial charge in [-0.15, -0.1) is 11.3 Å². The zero-order valence-electron chi connectivity index (χ0n) is 3.79. The van der Waals surface area contributed by atoms with Crippen molar-refractivity contribution < 1.29 is 9.90 Å². The second-order valence-electron chi connectivity index (χ2n) is 1.09. The number of hydrogen-bond acceptors (Lipinski definition) is 3. The molecule has 4 heteroatoms. The Labute approximate surface area is 49.6 Å². The lowest BCUT2D eigenvalue weighted by Gasteiger charge is -1.77. The minimum atomic E-state index is -0.990. The minimum Gasteiger partial charge on any atom is -0.476 e. The van der Waals surface area contributed by atoms with Gasteiger partial charge in [0.1, 0.15) is 0 Å². The van der Waals surface area contributed by atoms with Crippen LogP contribution in [-0.2, 0) is 0 Å². The Hall–Kier alpha value is -0.900. The van der Waals surface area contributed by atoms with Crippen LogP contribution in [0.15, 0.2) is 6.20 Å². The molecule has 3 nitrogen and oxygen atoms in total. The Morgan fingerprint density at radius 1 is 2.00 bits per heavy atom. The molecular formula is C4H2NO2S. The number of carboxylic acid groups (broad SMARTS) is 1. The Morgan fingerprint density at radius 3 is 3.00 bits per heavy atom. The molecule has 1 rings (SSSR count). The van der Waals surface area contributed by atoms with Crippen molar-refractivity contribution in [3.8, 4) is 0 Å². The van der Waals surface area contributed by atoms with Crippen LogP contribution in [0, 0.1) is 5.38 Å². The molecule has 0 saturated carbocycles. The van der Waals surface area contributed by atoms with E-state index >= 15 is 0 Å². The standard InChI is InChI=1S/C4H2NO2S/c6-4(7)3-5-1-2-8-3/h1H,(H,6,7). The largest absolute Gasteiger partial charge is 0.476 e. The molecule has 1 aromatic heterocycles. The lowest BCUT2D eigenvalue weighted by atomic mass is 10.7. The number of aromatic carboxylic acids is 1. The molecule has 0 aliphatic rings. The summed E-state index contributed by atoms with van der Waals surface area (Å²) in [5, 5.41) is 10.9. The van der Waals surface area contributed by atoms with E-state index < -0.39 is 5.97 Å². The van der Waals surface area contributed by atoms with Gasteiger partial charge >= 0.3 is 5.97 Å². The molecule has 1 heterocycles. The second kappa shape index (κ2) is 1.92. The predicted octanol–water partition coefficient (Wildman–Crippen LogP) is 0.641. The summed E-state index contributed by atoms with van der Waals surface area (Å²) < 4.78 is 0. The zero-order chi connectivity index (χ0) is 5.98. The lowest BCUT2D eigenvalue weighted by Crippen LogP contribution is -1.92. The van der Waals surface area contributed by atoms with Crippen molar-refractivity contribution in [2.45, 2.75) is 0 Å². The van der Waals surface area contributed by atoms with E-state index in [1.54, 1.807) is 0 Å². The maximum absolute atomic E-state index is 9.99. The first kappa shape index (κ1) is 5.24. The normalized spacial score (nSPS) is 9.00. The summed E-state index contributed by atoms with van der Waals surface area (Å²) in [4.78, 5) is 13.5. The molecule has 0 atom stereocenters.